The lowest BCUT2D eigenvalue weighted by atomic mass is 10.1. The molecule has 6 nitrogen and oxygen atoms in total. The Balaban J connectivity index is 1.81. The second-order valence-corrected chi connectivity index (χ2v) is 7.93. The summed E-state index contributed by atoms with van der Waals surface area (Å²) in [7, 11) is -1.99. The lowest BCUT2D eigenvalue weighted by Gasteiger charge is -2.09. The number of hydrogen-bond acceptors (Lipinski definition) is 4. The summed E-state index contributed by atoms with van der Waals surface area (Å²) in [5, 5.41) is 2.68. The number of rotatable bonds is 8. The molecule has 0 spiro atoms. The zero-order valence-electron chi connectivity index (χ0n) is 15.2. The molecule has 140 valence electrons. The summed E-state index contributed by atoms with van der Waals surface area (Å²) in [5.74, 6) is 0.198. The molecule has 2 N–H and O–H groups in total. The van der Waals surface area contributed by atoms with Crippen LogP contribution in [0.3, 0.4) is 0 Å². The Hall–Kier alpha value is -2.38. The first-order valence-electron chi connectivity index (χ1n) is 8.22. The Morgan fingerprint density at radius 2 is 1.65 bits per heavy atom. The van der Waals surface area contributed by atoms with Crippen LogP contribution < -0.4 is 14.8 Å². The van der Waals surface area contributed by atoms with Gasteiger partial charge in [0.1, 0.15) is 5.75 Å². The third-order valence-corrected chi connectivity index (χ3v) is 5.33. The second-order valence-electron chi connectivity index (χ2n) is 6.12. The minimum atomic E-state index is -3.58. The van der Waals surface area contributed by atoms with Crippen LogP contribution in [0.15, 0.2) is 42.5 Å². The van der Waals surface area contributed by atoms with Gasteiger partial charge in [0, 0.05) is 6.54 Å². The van der Waals surface area contributed by atoms with Crippen LogP contribution in [0.5, 0.6) is 5.75 Å². The summed E-state index contributed by atoms with van der Waals surface area (Å²) in [6.07, 6.45) is 0. The van der Waals surface area contributed by atoms with Gasteiger partial charge in [-0.2, -0.15) is 0 Å². The van der Waals surface area contributed by atoms with E-state index in [-0.39, 0.29) is 18.2 Å². The van der Waals surface area contributed by atoms with E-state index in [4.69, 9.17) is 4.74 Å². The number of carbonyl (C=O) groups is 1. The summed E-state index contributed by atoms with van der Waals surface area (Å²) >= 11 is 0. The molecule has 0 aromatic heterocycles. The summed E-state index contributed by atoms with van der Waals surface area (Å²) in [5.41, 5.74) is 3.74. The monoisotopic (exact) mass is 376 g/mol. The minimum Gasteiger partial charge on any atom is -0.497 e. The van der Waals surface area contributed by atoms with Crippen molar-refractivity contribution < 1.29 is 17.9 Å². The predicted molar refractivity (Wildman–Crippen MR) is 101 cm³/mol. The first-order chi connectivity index (χ1) is 12.3. The van der Waals surface area contributed by atoms with Gasteiger partial charge in [-0.15, -0.1) is 0 Å². The Morgan fingerprint density at radius 1 is 1.00 bits per heavy atom. The van der Waals surface area contributed by atoms with Crippen LogP contribution in [0.1, 0.15) is 22.3 Å². The van der Waals surface area contributed by atoms with Gasteiger partial charge in [0.05, 0.1) is 19.4 Å². The van der Waals surface area contributed by atoms with E-state index in [1.54, 1.807) is 25.3 Å². The molecule has 26 heavy (non-hydrogen) atoms. The number of amides is 1. The maximum absolute atomic E-state index is 12.1. The molecule has 0 atom stereocenters. The Morgan fingerprint density at radius 3 is 2.27 bits per heavy atom. The van der Waals surface area contributed by atoms with Gasteiger partial charge in [-0.05, 0) is 48.2 Å². The standard InChI is InChI=1S/C19H24N2O4S/c1-14-4-5-17(10-15(14)2)13-26(23,24)21-12-19(22)20-11-16-6-8-18(25-3)9-7-16/h4-10,21H,11-13H2,1-3H3,(H,20,22). The zero-order valence-corrected chi connectivity index (χ0v) is 16.0. The molecule has 0 fully saturated rings. The van der Waals surface area contributed by atoms with E-state index in [0.717, 1.165) is 22.4 Å². The van der Waals surface area contributed by atoms with Crippen LogP contribution in [0.2, 0.25) is 0 Å². The van der Waals surface area contributed by atoms with Crippen LogP contribution >= 0.6 is 0 Å². The summed E-state index contributed by atoms with van der Waals surface area (Å²) in [4.78, 5) is 11.9. The van der Waals surface area contributed by atoms with Crippen molar-refractivity contribution in [3.05, 3.63) is 64.7 Å². The third kappa shape index (κ3) is 6.16. The molecule has 0 aliphatic rings. The van der Waals surface area contributed by atoms with Crippen LogP contribution in [0.25, 0.3) is 0 Å². The minimum absolute atomic E-state index is 0.153. The summed E-state index contributed by atoms with van der Waals surface area (Å²) in [6.45, 7) is 3.94. The lowest BCUT2D eigenvalue weighted by molar-refractivity contribution is -0.120. The molecule has 2 aromatic carbocycles. The molecule has 0 bridgehead atoms. The summed E-state index contributed by atoms with van der Waals surface area (Å²) < 4.78 is 31.7. The Kier molecular flexibility index (Phi) is 6.76. The highest BCUT2D eigenvalue weighted by molar-refractivity contribution is 7.88. The van der Waals surface area contributed by atoms with Gasteiger partial charge >= 0.3 is 0 Å². The number of carbonyl (C=O) groups excluding carboxylic acids is 1. The average Bonchev–Trinajstić information content (AvgIpc) is 2.61. The Bertz CT molecular complexity index is 862. The normalized spacial score (nSPS) is 11.2. The van der Waals surface area contributed by atoms with Crippen LogP contribution in [-0.2, 0) is 27.1 Å². The predicted octanol–water partition coefficient (Wildman–Crippen LogP) is 2.05. The molecular formula is C19H24N2O4S. The fourth-order valence-electron chi connectivity index (χ4n) is 2.35. The first-order valence-corrected chi connectivity index (χ1v) is 9.87. The molecule has 0 aliphatic heterocycles. The van der Waals surface area contributed by atoms with Crippen molar-refractivity contribution in [2.75, 3.05) is 13.7 Å². The van der Waals surface area contributed by atoms with Gasteiger partial charge in [0.2, 0.25) is 15.9 Å². The lowest BCUT2D eigenvalue weighted by Crippen LogP contribution is -2.37. The number of nitrogens with one attached hydrogen (secondary N) is 2. The topological polar surface area (TPSA) is 84.5 Å². The molecular weight excluding hydrogens is 352 g/mol. The van der Waals surface area contributed by atoms with Gasteiger partial charge in [0.25, 0.3) is 0 Å². The number of sulfonamides is 1. The quantitative estimate of drug-likeness (QED) is 0.738. The van der Waals surface area contributed by atoms with Gasteiger partial charge in [-0.1, -0.05) is 30.3 Å². The molecule has 0 saturated carbocycles. The maximum atomic E-state index is 12.1. The van der Waals surface area contributed by atoms with E-state index < -0.39 is 10.0 Å². The second kappa shape index (κ2) is 8.82. The number of hydrogen-bond donors (Lipinski definition) is 2. The Labute approximate surface area is 154 Å². The van der Waals surface area contributed by atoms with Crippen LogP contribution in [0.4, 0.5) is 0 Å². The highest BCUT2D eigenvalue weighted by Crippen LogP contribution is 2.12. The SMILES string of the molecule is COc1ccc(CNC(=O)CNS(=O)(=O)Cc2ccc(C)c(C)c2)cc1. The molecule has 0 radical (unpaired) electrons. The van der Waals surface area contributed by atoms with Crippen molar-refractivity contribution in [3.8, 4) is 5.75 Å². The van der Waals surface area contributed by atoms with Crippen molar-refractivity contribution in [2.45, 2.75) is 26.1 Å². The highest BCUT2D eigenvalue weighted by Gasteiger charge is 2.14. The van der Waals surface area contributed by atoms with Gasteiger partial charge in [-0.3, -0.25) is 4.79 Å². The fraction of sp³-hybridized carbons (Fsp3) is 0.316. The third-order valence-electron chi connectivity index (χ3n) is 4.03. The molecule has 1 amide bonds. The van der Waals surface area contributed by atoms with E-state index >= 15 is 0 Å². The first kappa shape index (κ1) is 19.9. The highest BCUT2D eigenvalue weighted by atomic mass is 32.2. The van der Waals surface area contributed by atoms with Gasteiger partial charge in [-0.25, -0.2) is 13.1 Å². The molecule has 0 heterocycles. The smallest absolute Gasteiger partial charge is 0.235 e. The number of aryl methyl sites for hydroxylation is 2. The van der Waals surface area contributed by atoms with Crippen LogP contribution in [-0.4, -0.2) is 28.0 Å². The average molecular weight is 376 g/mol. The van der Waals surface area contributed by atoms with Crippen LogP contribution in [0, 0.1) is 13.8 Å². The van der Waals surface area contributed by atoms with E-state index in [0.29, 0.717) is 12.1 Å². The number of benzene rings is 2. The molecule has 0 aliphatic carbocycles. The fourth-order valence-corrected chi connectivity index (χ4v) is 3.42. The molecule has 2 aromatic rings. The number of ether oxygens (including phenoxy) is 1. The van der Waals surface area contributed by atoms with Crippen molar-refractivity contribution in [1.29, 1.82) is 0 Å². The van der Waals surface area contributed by atoms with Crippen molar-refractivity contribution >= 4 is 15.9 Å². The molecule has 0 unspecified atom stereocenters. The number of methoxy groups -OCH3 is 1. The van der Waals surface area contributed by atoms with E-state index in [1.165, 1.54) is 0 Å². The summed E-state index contributed by atoms with van der Waals surface area (Å²) in [6, 6.07) is 12.8. The molecule has 2 rings (SSSR count). The van der Waals surface area contributed by atoms with Crippen molar-refractivity contribution in [1.82, 2.24) is 10.0 Å². The van der Waals surface area contributed by atoms with E-state index in [1.807, 2.05) is 38.1 Å². The zero-order chi connectivity index (χ0) is 19.2. The van der Waals surface area contributed by atoms with Crippen molar-refractivity contribution in [3.63, 3.8) is 0 Å². The van der Waals surface area contributed by atoms with E-state index in [9.17, 15) is 13.2 Å². The van der Waals surface area contributed by atoms with Gasteiger partial charge < -0.3 is 10.1 Å². The van der Waals surface area contributed by atoms with E-state index in [2.05, 4.69) is 10.0 Å². The maximum Gasteiger partial charge on any atom is 0.235 e. The molecule has 0 saturated heterocycles. The van der Waals surface area contributed by atoms with Crippen molar-refractivity contribution in [2.24, 2.45) is 0 Å². The van der Waals surface area contributed by atoms with Gasteiger partial charge in [0.15, 0.2) is 0 Å². The molecule has 7 heteroatoms. The largest absolute Gasteiger partial charge is 0.497 e.